The summed E-state index contributed by atoms with van der Waals surface area (Å²) in [7, 11) is 0. The van der Waals surface area contributed by atoms with Gasteiger partial charge in [0, 0.05) is 13.1 Å². The van der Waals surface area contributed by atoms with Crippen molar-refractivity contribution < 1.29 is 14.3 Å². The van der Waals surface area contributed by atoms with Crippen molar-refractivity contribution in [2.24, 2.45) is 0 Å². The minimum Gasteiger partial charge on any atom is -0.457 e. The number of hydrogen-bond acceptors (Lipinski definition) is 3. The molecule has 2 amide bonds. The van der Waals surface area contributed by atoms with Gasteiger partial charge in [0.05, 0.1) is 0 Å². The van der Waals surface area contributed by atoms with E-state index in [1.165, 1.54) is 0 Å². The van der Waals surface area contributed by atoms with Crippen molar-refractivity contribution in [2.75, 3.05) is 13.1 Å². The molecule has 0 saturated carbocycles. The van der Waals surface area contributed by atoms with E-state index in [-0.39, 0.29) is 24.4 Å². The zero-order chi connectivity index (χ0) is 17.2. The lowest BCUT2D eigenvalue weighted by Crippen LogP contribution is -2.56. The molecule has 1 atom stereocenters. The molecule has 0 aliphatic carbocycles. The summed E-state index contributed by atoms with van der Waals surface area (Å²) in [5, 5.41) is 0. The third kappa shape index (κ3) is 3.22. The molecule has 4 rings (SSSR count). The number of ether oxygens (including phenoxy) is 1. The second-order valence-electron chi connectivity index (χ2n) is 6.50. The molecule has 2 fully saturated rings. The van der Waals surface area contributed by atoms with Crippen LogP contribution in [0.1, 0.15) is 18.4 Å². The first-order valence-electron chi connectivity index (χ1n) is 8.61. The molecule has 0 spiro atoms. The number of para-hydroxylation sites is 1. The number of rotatable bonds is 4. The lowest BCUT2D eigenvalue weighted by atomic mass is 10.1. The molecule has 0 N–H and O–H groups in total. The summed E-state index contributed by atoms with van der Waals surface area (Å²) in [6.07, 6.45) is 1.69. The highest BCUT2D eigenvalue weighted by atomic mass is 16.5. The van der Waals surface area contributed by atoms with Gasteiger partial charge in [-0.2, -0.15) is 0 Å². The molecule has 25 heavy (non-hydrogen) atoms. The van der Waals surface area contributed by atoms with Crippen LogP contribution < -0.4 is 4.74 Å². The van der Waals surface area contributed by atoms with E-state index in [4.69, 9.17) is 4.74 Å². The highest BCUT2D eigenvalue weighted by molar-refractivity contribution is 5.95. The van der Waals surface area contributed by atoms with Crippen LogP contribution in [0.3, 0.4) is 0 Å². The third-order valence-corrected chi connectivity index (χ3v) is 4.75. The zero-order valence-corrected chi connectivity index (χ0v) is 13.9. The molecule has 0 bridgehead atoms. The quantitative estimate of drug-likeness (QED) is 0.863. The molecule has 2 heterocycles. The van der Waals surface area contributed by atoms with Crippen LogP contribution >= 0.6 is 0 Å². The van der Waals surface area contributed by atoms with E-state index in [1.54, 1.807) is 9.80 Å². The Bertz CT molecular complexity index is 791. The number of amides is 2. The van der Waals surface area contributed by atoms with Gasteiger partial charge in [0.2, 0.25) is 11.8 Å². The van der Waals surface area contributed by atoms with E-state index in [1.807, 2.05) is 54.6 Å². The molecule has 5 nitrogen and oxygen atoms in total. The Morgan fingerprint density at radius 2 is 1.80 bits per heavy atom. The van der Waals surface area contributed by atoms with Crippen molar-refractivity contribution in [3.8, 4) is 11.5 Å². The molecule has 2 aliphatic heterocycles. The van der Waals surface area contributed by atoms with E-state index in [9.17, 15) is 9.59 Å². The predicted octanol–water partition coefficient (Wildman–Crippen LogP) is 2.81. The lowest BCUT2D eigenvalue weighted by molar-refractivity contribution is -0.154. The number of benzene rings is 2. The van der Waals surface area contributed by atoms with E-state index >= 15 is 0 Å². The largest absolute Gasteiger partial charge is 0.457 e. The predicted molar refractivity (Wildman–Crippen MR) is 93.1 cm³/mol. The minimum absolute atomic E-state index is 0.0544. The Hall–Kier alpha value is -2.82. The van der Waals surface area contributed by atoms with Crippen molar-refractivity contribution in [3.63, 3.8) is 0 Å². The first kappa shape index (κ1) is 15.7. The first-order valence-corrected chi connectivity index (χ1v) is 8.61. The van der Waals surface area contributed by atoms with Gasteiger partial charge in [-0.3, -0.25) is 9.59 Å². The number of fused-ring (bicyclic) bond motifs is 1. The second kappa shape index (κ2) is 6.59. The topological polar surface area (TPSA) is 49.9 Å². The fourth-order valence-electron chi connectivity index (χ4n) is 3.55. The lowest BCUT2D eigenvalue weighted by Gasteiger charge is -2.36. The third-order valence-electron chi connectivity index (χ3n) is 4.75. The van der Waals surface area contributed by atoms with Gasteiger partial charge in [0.25, 0.3) is 0 Å². The standard InChI is InChI=1S/C20H20N2O3/c23-19-14-21(20(24)18-10-5-11-22(18)19)13-15-6-4-9-17(12-15)25-16-7-2-1-3-8-16/h1-4,6-9,12,18H,5,10-11,13-14H2/t18-/m0/s1. The summed E-state index contributed by atoms with van der Waals surface area (Å²) < 4.78 is 5.85. The van der Waals surface area contributed by atoms with Crippen LogP contribution in [-0.4, -0.2) is 40.7 Å². The van der Waals surface area contributed by atoms with Crippen LogP contribution in [0.2, 0.25) is 0 Å². The molecular formula is C20H20N2O3. The van der Waals surface area contributed by atoms with E-state index in [2.05, 4.69) is 0 Å². The van der Waals surface area contributed by atoms with Crippen molar-refractivity contribution in [1.29, 1.82) is 0 Å². The Morgan fingerprint density at radius 1 is 1.00 bits per heavy atom. The molecule has 0 radical (unpaired) electrons. The number of carbonyl (C=O) groups excluding carboxylic acids is 2. The van der Waals surface area contributed by atoms with Crippen LogP contribution in [0.4, 0.5) is 0 Å². The van der Waals surface area contributed by atoms with Crippen molar-refractivity contribution in [3.05, 3.63) is 60.2 Å². The van der Waals surface area contributed by atoms with Crippen molar-refractivity contribution in [2.45, 2.75) is 25.4 Å². The highest BCUT2D eigenvalue weighted by Gasteiger charge is 2.41. The maximum absolute atomic E-state index is 12.6. The van der Waals surface area contributed by atoms with Gasteiger partial charge in [-0.05, 0) is 42.7 Å². The number of piperazine rings is 1. The minimum atomic E-state index is -0.259. The average Bonchev–Trinajstić information content (AvgIpc) is 3.11. The number of hydrogen-bond donors (Lipinski definition) is 0. The van der Waals surface area contributed by atoms with E-state index in [0.717, 1.165) is 29.9 Å². The normalized spacial score (nSPS) is 19.9. The second-order valence-corrected chi connectivity index (χ2v) is 6.50. The maximum Gasteiger partial charge on any atom is 0.246 e. The summed E-state index contributed by atoms with van der Waals surface area (Å²) in [5.74, 6) is 1.61. The van der Waals surface area contributed by atoms with Gasteiger partial charge >= 0.3 is 0 Å². The van der Waals surface area contributed by atoms with Gasteiger partial charge < -0.3 is 14.5 Å². The Morgan fingerprint density at radius 3 is 2.64 bits per heavy atom. The molecular weight excluding hydrogens is 316 g/mol. The Balaban J connectivity index is 1.48. The van der Waals surface area contributed by atoms with Crippen molar-refractivity contribution in [1.82, 2.24) is 9.80 Å². The average molecular weight is 336 g/mol. The van der Waals surface area contributed by atoms with E-state index in [0.29, 0.717) is 13.1 Å². The summed E-state index contributed by atoms with van der Waals surface area (Å²) in [6.45, 7) is 1.31. The monoisotopic (exact) mass is 336 g/mol. The van der Waals surface area contributed by atoms with Crippen LogP contribution in [-0.2, 0) is 16.1 Å². The van der Waals surface area contributed by atoms with Crippen LogP contribution in [0, 0.1) is 0 Å². The number of nitrogens with zero attached hydrogens (tertiary/aromatic N) is 2. The fourth-order valence-corrected chi connectivity index (χ4v) is 3.55. The van der Waals surface area contributed by atoms with Crippen molar-refractivity contribution >= 4 is 11.8 Å². The highest BCUT2D eigenvalue weighted by Crippen LogP contribution is 2.26. The molecule has 0 aromatic heterocycles. The molecule has 2 aromatic rings. The molecule has 5 heteroatoms. The van der Waals surface area contributed by atoms with Gasteiger partial charge in [-0.15, -0.1) is 0 Å². The van der Waals surface area contributed by atoms with Gasteiger partial charge in [0.1, 0.15) is 24.1 Å². The summed E-state index contributed by atoms with van der Waals surface area (Å²) >= 11 is 0. The van der Waals surface area contributed by atoms with Crippen LogP contribution in [0.25, 0.3) is 0 Å². The molecule has 128 valence electrons. The van der Waals surface area contributed by atoms with Crippen LogP contribution in [0.5, 0.6) is 11.5 Å². The first-order chi connectivity index (χ1) is 12.2. The molecule has 0 unspecified atom stereocenters. The summed E-state index contributed by atoms with van der Waals surface area (Å²) in [4.78, 5) is 28.3. The Kier molecular flexibility index (Phi) is 4.14. The van der Waals surface area contributed by atoms with Gasteiger partial charge in [0.15, 0.2) is 0 Å². The van der Waals surface area contributed by atoms with Gasteiger partial charge in [-0.25, -0.2) is 0 Å². The summed E-state index contributed by atoms with van der Waals surface area (Å²) in [5.41, 5.74) is 0.959. The van der Waals surface area contributed by atoms with Crippen LogP contribution in [0.15, 0.2) is 54.6 Å². The molecule has 2 aliphatic rings. The number of carbonyl (C=O) groups is 2. The van der Waals surface area contributed by atoms with Gasteiger partial charge in [-0.1, -0.05) is 30.3 Å². The Labute approximate surface area is 146 Å². The SMILES string of the molecule is O=C1[C@@H]2CCCN2C(=O)CN1Cc1cccc(Oc2ccccc2)c1. The molecule has 2 aromatic carbocycles. The fraction of sp³-hybridized carbons (Fsp3) is 0.300. The smallest absolute Gasteiger partial charge is 0.246 e. The molecule has 2 saturated heterocycles. The van der Waals surface area contributed by atoms with E-state index < -0.39 is 0 Å². The maximum atomic E-state index is 12.6. The zero-order valence-electron chi connectivity index (χ0n) is 13.9. The summed E-state index contributed by atoms with van der Waals surface area (Å²) in [6, 6.07) is 17.0.